The summed E-state index contributed by atoms with van der Waals surface area (Å²) in [4.78, 5) is 30.7. The molecule has 1 aliphatic heterocycles. The van der Waals surface area contributed by atoms with Crippen molar-refractivity contribution >= 4 is 17.5 Å². The molecule has 0 aliphatic carbocycles. The molecule has 36 heavy (non-hydrogen) atoms. The molecule has 0 fully saturated rings. The van der Waals surface area contributed by atoms with Crippen molar-refractivity contribution < 1.29 is 14.3 Å². The van der Waals surface area contributed by atoms with E-state index in [1.165, 1.54) is 0 Å². The van der Waals surface area contributed by atoms with E-state index in [0.717, 1.165) is 34.5 Å². The molecular formula is C29H26N4O3. The molecule has 0 saturated carbocycles. The number of pyridine rings is 1. The van der Waals surface area contributed by atoms with Crippen LogP contribution < -0.4 is 20.7 Å². The molecule has 2 heterocycles. The van der Waals surface area contributed by atoms with Crippen LogP contribution in [0, 0.1) is 0 Å². The minimum absolute atomic E-state index is 0.151. The Hall–Kier alpha value is -4.65. The number of anilines is 1. The van der Waals surface area contributed by atoms with Crippen molar-refractivity contribution in [2.24, 2.45) is 5.73 Å². The zero-order chi connectivity index (χ0) is 24.9. The first-order valence-electron chi connectivity index (χ1n) is 11.8. The second-order valence-corrected chi connectivity index (χ2v) is 8.60. The molecule has 0 saturated heterocycles. The highest BCUT2D eigenvalue weighted by atomic mass is 16.5. The molecule has 3 aromatic carbocycles. The van der Waals surface area contributed by atoms with Crippen LogP contribution in [0.25, 0.3) is 11.1 Å². The van der Waals surface area contributed by atoms with Gasteiger partial charge >= 0.3 is 0 Å². The molecule has 3 N–H and O–H groups in total. The van der Waals surface area contributed by atoms with Crippen molar-refractivity contribution in [2.75, 3.05) is 18.1 Å². The van der Waals surface area contributed by atoms with Gasteiger partial charge in [-0.25, -0.2) is 0 Å². The number of primary amides is 1. The summed E-state index contributed by atoms with van der Waals surface area (Å²) in [5.41, 5.74) is 11.4. The molecule has 1 aliphatic rings. The van der Waals surface area contributed by atoms with Crippen molar-refractivity contribution in [1.29, 1.82) is 0 Å². The summed E-state index contributed by atoms with van der Waals surface area (Å²) in [7, 11) is 0. The van der Waals surface area contributed by atoms with E-state index in [4.69, 9.17) is 10.5 Å². The molecule has 4 aromatic rings. The first kappa shape index (κ1) is 23.1. The maximum atomic E-state index is 12.7. The number of nitrogens with one attached hydrogen (secondary N) is 1. The van der Waals surface area contributed by atoms with Gasteiger partial charge in [0.05, 0.1) is 12.2 Å². The summed E-state index contributed by atoms with van der Waals surface area (Å²) in [5, 5.41) is 2.94. The molecule has 0 spiro atoms. The lowest BCUT2D eigenvalue weighted by Gasteiger charge is -2.31. The number of nitrogens with two attached hydrogens (primary N) is 1. The molecule has 180 valence electrons. The molecule has 2 amide bonds. The molecular weight excluding hydrogens is 452 g/mol. The summed E-state index contributed by atoms with van der Waals surface area (Å²) in [6.07, 6.45) is 3.41. The van der Waals surface area contributed by atoms with Gasteiger partial charge in [-0.3, -0.25) is 14.6 Å². The average molecular weight is 479 g/mol. The van der Waals surface area contributed by atoms with Gasteiger partial charge in [-0.15, -0.1) is 0 Å². The van der Waals surface area contributed by atoms with E-state index in [1.54, 1.807) is 24.5 Å². The van der Waals surface area contributed by atoms with Gasteiger partial charge in [0.15, 0.2) is 0 Å². The second kappa shape index (κ2) is 10.3. The Morgan fingerprint density at radius 3 is 2.50 bits per heavy atom. The Kier molecular flexibility index (Phi) is 6.62. The van der Waals surface area contributed by atoms with E-state index in [2.05, 4.69) is 27.3 Å². The number of nitrogens with zero attached hydrogens (tertiary/aromatic N) is 2. The quantitative estimate of drug-likeness (QED) is 0.415. The van der Waals surface area contributed by atoms with Gasteiger partial charge < -0.3 is 20.7 Å². The number of benzene rings is 3. The highest BCUT2D eigenvalue weighted by molar-refractivity contribution is 5.99. The van der Waals surface area contributed by atoms with E-state index >= 15 is 0 Å². The zero-order valence-corrected chi connectivity index (χ0v) is 19.7. The summed E-state index contributed by atoms with van der Waals surface area (Å²) < 4.78 is 5.88. The van der Waals surface area contributed by atoms with Crippen LogP contribution in [0.4, 0.5) is 5.69 Å². The van der Waals surface area contributed by atoms with E-state index in [0.29, 0.717) is 36.6 Å². The van der Waals surface area contributed by atoms with E-state index in [1.807, 2.05) is 54.6 Å². The Morgan fingerprint density at radius 1 is 0.944 bits per heavy atom. The highest BCUT2D eigenvalue weighted by Crippen LogP contribution is 2.34. The molecule has 7 nitrogen and oxygen atoms in total. The van der Waals surface area contributed by atoms with E-state index in [9.17, 15) is 9.59 Å². The smallest absolute Gasteiger partial charge is 0.251 e. The van der Waals surface area contributed by atoms with Gasteiger partial charge in [0.25, 0.3) is 5.91 Å². The molecule has 0 bridgehead atoms. The van der Waals surface area contributed by atoms with Crippen molar-refractivity contribution in [3.05, 3.63) is 114 Å². The summed E-state index contributed by atoms with van der Waals surface area (Å²) in [6, 6.07) is 24.8. The van der Waals surface area contributed by atoms with Crippen LogP contribution in [0.5, 0.6) is 5.75 Å². The third-order valence-corrected chi connectivity index (χ3v) is 6.21. The van der Waals surface area contributed by atoms with Crippen molar-refractivity contribution in [2.45, 2.75) is 13.1 Å². The number of rotatable bonds is 7. The fourth-order valence-electron chi connectivity index (χ4n) is 4.33. The zero-order valence-electron chi connectivity index (χ0n) is 19.7. The Morgan fingerprint density at radius 2 is 1.72 bits per heavy atom. The predicted octanol–water partition coefficient (Wildman–Crippen LogP) is 4.18. The highest BCUT2D eigenvalue weighted by Gasteiger charge is 2.20. The van der Waals surface area contributed by atoms with Crippen LogP contribution in [0.1, 0.15) is 31.8 Å². The molecule has 0 unspecified atom stereocenters. The van der Waals surface area contributed by atoms with Gasteiger partial charge in [0, 0.05) is 36.6 Å². The number of aromatic nitrogens is 1. The molecule has 0 radical (unpaired) electrons. The third kappa shape index (κ3) is 5.05. The van der Waals surface area contributed by atoms with Gasteiger partial charge in [-0.05, 0) is 58.7 Å². The molecule has 0 atom stereocenters. The Balaban J connectivity index is 1.28. The lowest BCUT2D eigenvalue weighted by atomic mass is 9.98. The van der Waals surface area contributed by atoms with E-state index < -0.39 is 5.91 Å². The van der Waals surface area contributed by atoms with Gasteiger partial charge in [-0.1, -0.05) is 42.5 Å². The van der Waals surface area contributed by atoms with Crippen LogP contribution in [-0.4, -0.2) is 29.9 Å². The molecule has 1 aromatic heterocycles. The largest absolute Gasteiger partial charge is 0.490 e. The third-order valence-electron chi connectivity index (χ3n) is 6.21. The minimum atomic E-state index is -0.440. The number of ether oxygens (including phenoxy) is 1. The first-order valence-corrected chi connectivity index (χ1v) is 11.8. The lowest BCUT2D eigenvalue weighted by Crippen LogP contribution is -2.32. The topological polar surface area (TPSA) is 97.5 Å². The fraction of sp³-hybridized carbons (Fsp3) is 0.138. The number of hydrogen-bond acceptors (Lipinski definition) is 5. The fourth-order valence-corrected chi connectivity index (χ4v) is 4.33. The standard InChI is InChI=1S/C29H26N4O3/c30-28(34)25-4-2-1-3-24(25)22-7-5-21(6-8-22)19-33-15-16-36-27-17-23(9-10-26(27)33)29(35)32-18-20-11-13-31-14-12-20/h1-14,17H,15-16,18-19H2,(H2,30,34)(H,32,35). The van der Waals surface area contributed by atoms with Gasteiger partial charge in [0.2, 0.25) is 5.91 Å². The molecule has 5 rings (SSSR count). The van der Waals surface area contributed by atoms with Crippen molar-refractivity contribution in [3.8, 4) is 16.9 Å². The first-order chi connectivity index (χ1) is 17.6. The number of amides is 2. The van der Waals surface area contributed by atoms with Crippen LogP contribution in [0.2, 0.25) is 0 Å². The number of carbonyl (C=O) groups excluding carboxylic acids is 2. The minimum Gasteiger partial charge on any atom is -0.490 e. The second-order valence-electron chi connectivity index (χ2n) is 8.60. The average Bonchev–Trinajstić information content (AvgIpc) is 2.92. The number of carbonyl (C=O) groups is 2. The Bertz CT molecular complexity index is 1390. The summed E-state index contributed by atoms with van der Waals surface area (Å²) in [6.45, 7) is 2.42. The normalized spacial score (nSPS) is 12.4. The van der Waals surface area contributed by atoms with Crippen LogP contribution in [-0.2, 0) is 13.1 Å². The van der Waals surface area contributed by atoms with Gasteiger partial charge in [-0.2, -0.15) is 0 Å². The Labute approximate surface area is 209 Å². The maximum absolute atomic E-state index is 12.7. The van der Waals surface area contributed by atoms with Crippen LogP contribution in [0.15, 0.2) is 91.3 Å². The van der Waals surface area contributed by atoms with Gasteiger partial charge in [0.1, 0.15) is 12.4 Å². The monoisotopic (exact) mass is 478 g/mol. The number of hydrogen-bond donors (Lipinski definition) is 2. The SMILES string of the molecule is NC(=O)c1ccccc1-c1ccc(CN2CCOc3cc(C(=O)NCc4ccncc4)ccc32)cc1. The predicted molar refractivity (Wildman–Crippen MR) is 139 cm³/mol. The molecule has 7 heteroatoms. The van der Waals surface area contributed by atoms with Crippen molar-refractivity contribution in [1.82, 2.24) is 10.3 Å². The van der Waals surface area contributed by atoms with Crippen molar-refractivity contribution in [3.63, 3.8) is 0 Å². The summed E-state index contributed by atoms with van der Waals surface area (Å²) in [5.74, 6) is 0.108. The number of fused-ring (bicyclic) bond motifs is 1. The maximum Gasteiger partial charge on any atom is 0.251 e. The lowest BCUT2D eigenvalue weighted by molar-refractivity contribution is 0.0949. The summed E-state index contributed by atoms with van der Waals surface area (Å²) >= 11 is 0. The van der Waals surface area contributed by atoms with Crippen LogP contribution >= 0.6 is 0 Å². The van der Waals surface area contributed by atoms with E-state index in [-0.39, 0.29) is 5.91 Å². The van der Waals surface area contributed by atoms with Crippen LogP contribution in [0.3, 0.4) is 0 Å².